The maximum absolute atomic E-state index is 12.3. The quantitative estimate of drug-likeness (QED) is 0.700. The first-order chi connectivity index (χ1) is 9.51. The van der Waals surface area contributed by atoms with E-state index in [1.165, 1.54) is 0 Å². The van der Waals surface area contributed by atoms with E-state index in [9.17, 15) is 4.79 Å². The van der Waals surface area contributed by atoms with Crippen molar-refractivity contribution in [2.45, 2.75) is 6.92 Å². The third-order valence-electron chi connectivity index (χ3n) is 2.83. The Kier molecular flexibility index (Phi) is 5.04. The van der Waals surface area contributed by atoms with Crippen molar-refractivity contribution in [2.24, 2.45) is 0 Å². The van der Waals surface area contributed by atoms with Crippen molar-refractivity contribution in [1.82, 2.24) is 0 Å². The zero-order valence-electron chi connectivity index (χ0n) is 11.0. The zero-order chi connectivity index (χ0) is 14.7. The summed E-state index contributed by atoms with van der Waals surface area (Å²) in [5.74, 6) is 0.665. The van der Waals surface area contributed by atoms with Gasteiger partial charge in [0.2, 0.25) is 0 Å². The molecule has 0 fully saturated rings. The second kappa shape index (κ2) is 6.58. The third-order valence-corrected chi connectivity index (χ3v) is 4.19. The van der Waals surface area contributed by atoms with Crippen molar-refractivity contribution in [3.63, 3.8) is 0 Å². The van der Waals surface area contributed by atoms with E-state index in [0.717, 1.165) is 25.0 Å². The Hall–Kier alpha value is -1.08. The van der Waals surface area contributed by atoms with E-state index in [1.807, 2.05) is 43.3 Å². The van der Waals surface area contributed by atoms with E-state index in [0.29, 0.717) is 5.56 Å². The Labute approximate surface area is 140 Å². The Balaban J connectivity index is 2.23. The lowest BCUT2D eigenvalue weighted by Crippen LogP contribution is -2.13. The smallest absolute Gasteiger partial charge is 0.256 e. The summed E-state index contributed by atoms with van der Waals surface area (Å²) >= 11 is 5.58. The highest BCUT2D eigenvalue weighted by Crippen LogP contribution is 2.24. The number of carbonyl (C=O) groups excluding carboxylic acids is 1. The molecule has 1 amide bonds. The number of hydrogen-bond donors (Lipinski definition) is 1. The maximum atomic E-state index is 12.3. The van der Waals surface area contributed by atoms with Gasteiger partial charge in [-0.1, -0.05) is 0 Å². The zero-order valence-corrected chi connectivity index (χ0v) is 14.8. The predicted molar refractivity (Wildman–Crippen MR) is 92.5 cm³/mol. The Morgan fingerprint density at radius 2 is 2.00 bits per heavy atom. The molecule has 2 aromatic carbocycles. The van der Waals surface area contributed by atoms with E-state index in [-0.39, 0.29) is 5.91 Å². The molecule has 0 saturated heterocycles. The molecule has 0 bridgehead atoms. The van der Waals surface area contributed by atoms with Crippen molar-refractivity contribution in [3.8, 4) is 5.75 Å². The fourth-order valence-corrected chi connectivity index (χ4v) is 2.74. The highest BCUT2D eigenvalue weighted by atomic mass is 127. The van der Waals surface area contributed by atoms with Gasteiger partial charge in [-0.25, -0.2) is 0 Å². The summed E-state index contributed by atoms with van der Waals surface area (Å²) in [6.07, 6.45) is 0. The van der Waals surface area contributed by atoms with E-state index >= 15 is 0 Å². The van der Waals surface area contributed by atoms with E-state index in [1.54, 1.807) is 7.11 Å². The number of ether oxygens (including phenoxy) is 1. The van der Waals surface area contributed by atoms with Crippen LogP contribution in [0.25, 0.3) is 0 Å². The number of rotatable bonds is 3. The molecule has 0 unspecified atom stereocenters. The molecule has 0 saturated carbocycles. The second-order valence-corrected chi connectivity index (χ2v) is 6.36. The minimum Gasteiger partial charge on any atom is -0.496 e. The summed E-state index contributed by atoms with van der Waals surface area (Å²) in [6, 6.07) is 11.2. The number of methoxy groups -OCH3 is 1. The minimum absolute atomic E-state index is 0.139. The topological polar surface area (TPSA) is 38.3 Å². The highest BCUT2D eigenvalue weighted by Gasteiger charge is 2.11. The number of amides is 1. The van der Waals surface area contributed by atoms with Crippen LogP contribution in [0, 0.1) is 10.5 Å². The molecule has 0 heterocycles. The minimum atomic E-state index is -0.139. The number of nitrogens with one attached hydrogen (secondary N) is 1. The second-order valence-electron chi connectivity index (χ2n) is 4.26. The van der Waals surface area contributed by atoms with E-state index in [4.69, 9.17) is 4.74 Å². The van der Waals surface area contributed by atoms with Gasteiger partial charge in [-0.2, -0.15) is 0 Å². The van der Waals surface area contributed by atoms with Crippen LogP contribution in [0.3, 0.4) is 0 Å². The van der Waals surface area contributed by atoms with Crippen molar-refractivity contribution in [2.75, 3.05) is 12.4 Å². The Morgan fingerprint density at radius 1 is 1.25 bits per heavy atom. The van der Waals surface area contributed by atoms with E-state index < -0.39 is 0 Å². The van der Waals surface area contributed by atoms with Crippen molar-refractivity contribution in [3.05, 3.63) is 55.6 Å². The first-order valence-corrected chi connectivity index (χ1v) is 7.79. The number of benzene rings is 2. The fraction of sp³-hybridized carbons (Fsp3) is 0.133. The summed E-state index contributed by atoms with van der Waals surface area (Å²) in [6.45, 7) is 1.94. The van der Waals surface area contributed by atoms with Gasteiger partial charge < -0.3 is 10.1 Å². The standard InChI is InChI=1S/C15H13BrINO2/c1-9-7-11(4-6-14(9)20-2)18-15(19)12-8-10(17)3-5-13(12)16/h3-8H,1-2H3,(H,18,19). The van der Waals surface area contributed by atoms with Crippen LogP contribution < -0.4 is 10.1 Å². The van der Waals surface area contributed by atoms with Crippen LogP contribution in [0.2, 0.25) is 0 Å². The molecule has 0 spiro atoms. The third kappa shape index (κ3) is 3.52. The molecule has 0 aliphatic carbocycles. The van der Waals surface area contributed by atoms with Crippen molar-refractivity contribution in [1.29, 1.82) is 0 Å². The van der Waals surface area contributed by atoms with Gasteiger partial charge in [-0.05, 0) is 87.4 Å². The molecule has 0 aliphatic rings. The lowest BCUT2D eigenvalue weighted by atomic mass is 10.1. The average molecular weight is 446 g/mol. The van der Waals surface area contributed by atoms with Crippen LogP contribution in [0.5, 0.6) is 5.75 Å². The van der Waals surface area contributed by atoms with Gasteiger partial charge in [-0.15, -0.1) is 0 Å². The van der Waals surface area contributed by atoms with Gasteiger partial charge in [0.05, 0.1) is 12.7 Å². The molecule has 0 atom stereocenters. The lowest BCUT2D eigenvalue weighted by molar-refractivity contribution is 0.102. The van der Waals surface area contributed by atoms with Crippen LogP contribution in [-0.2, 0) is 0 Å². The van der Waals surface area contributed by atoms with Gasteiger partial charge in [-0.3, -0.25) is 4.79 Å². The number of carbonyl (C=O) groups is 1. The largest absolute Gasteiger partial charge is 0.496 e. The Morgan fingerprint density at radius 3 is 2.65 bits per heavy atom. The first-order valence-electron chi connectivity index (χ1n) is 5.92. The van der Waals surface area contributed by atoms with Crippen molar-refractivity contribution < 1.29 is 9.53 Å². The highest BCUT2D eigenvalue weighted by molar-refractivity contribution is 14.1. The van der Waals surface area contributed by atoms with Crippen LogP contribution >= 0.6 is 38.5 Å². The van der Waals surface area contributed by atoms with Gasteiger partial charge in [0.15, 0.2) is 0 Å². The number of hydrogen-bond acceptors (Lipinski definition) is 2. The molecule has 0 aromatic heterocycles. The monoisotopic (exact) mass is 445 g/mol. The molecule has 2 aromatic rings. The Bertz CT molecular complexity index is 658. The molecule has 0 radical (unpaired) electrons. The fourth-order valence-electron chi connectivity index (χ4n) is 1.83. The van der Waals surface area contributed by atoms with Crippen LogP contribution in [0.1, 0.15) is 15.9 Å². The van der Waals surface area contributed by atoms with Crippen LogP contribution in [0.15, 0.2) is 40.9 Å². The summed E-state index contributed by atoms with van der Waals surface area (Å²) in [5.41, 5.74) is 2.34. The maximum Gasteiger partial charge on any atom is 0.256 e. The number of anilines is 1. The van der Waals surface area contributed by atoms with Gasteiger partial charge in [0.25, 0.3) is 5.91 Å². The molecular formula is C15H13BrINO2. The van der Waals surface area contributed by atoms with E-state index in [2.05, 4.69) is 43.8 Å². The molecule has 3 nitrogen and oxygen atoms in total. The molecular weight excluding hydrogens is 433 g/mol. The molecule has 0 aliphatic heterocycles. The molecule has 2 rings (SSSR count). The van der Waals surface area contributed by atoms with Gasteiger partial charge >= 0.3 is 0 Å². The van der Waals surface area contributed by atoms with Crippen LogP contribution in [0.4, 0.5) is 5.69 Å². The average Bonchev–Trinajstić information content (AvgIpc) is 2.41. The molecule has 104 valence electrons. The summed E-state index contributed by atoms with van der Waals surface area (Å²) in [4.78, 5) is 12.3. The predicted octanol–water partition coefficient (Wildman–Crippen LogP) is 4.62. The first kappa shape index (κ1) is 15.3. The van der Waals surface area contributed by atoms with Gasteiger partial charge in [0, 0.05) is 13.7 Å². The number of halogens is 2. The lowest BCUT2D eigenvalue weighted by Gasteiger charge is -2.10. The summed E-state index contributed by atoms with van der Waals surface area (Å²) in [7, 11) is 1.63. The van der Waals surface area contributed by atoms with Gasteiger partial charge in [0.1, 0.15) is 5.75 Å². The van der Waals surface area contributed by atoms with Crippen LogP contribution in [-0.4, -0.2) is 13.0 Å². The number of aryl methyl sites for hydroxylation is 1. The SMILES string of the molecule is COc1ccc(NC(=O)c2cc(I)ccc2Br)cc1C. The summed E-state index contributed by atoms with van der Waals surface area (Å²) < 4.78 is 7.00. The van der Waals surface area contributed by atoms with Crippen molar-refractivity contribution >= 4 is 50.1 Å². The molecule has 1 N–H and O–H groups in total. The molecule has 5 heteroatoms. The summed E-state index contributed by atoms with van der Waals surface area (Å²) in [5, 5.41) is 2.89. The normalized spacial score (nSPS) is 10.2. The molecule has 20 heavy (non-hydrogen) atoms.